The van der Waals surface area contributed by atoms with Gasteiger partial charge in [0.15, 0.2) is 5.96 Å². The zero-order valence-electron chi connectivity index (χ0n) is 14.1. The zero-order valence-corrected chi connectivity index (χ0v) is 17.2. The second-order valence-corrected chi connectivity index (χ2v) is 6.54. The van der Waals surface area contributed by atoms with Crippen molar-refractivity contribution in [2.75, 3.05) is 13.7 Å². The largest absolute Gasteiger partial charge is 0.497 e. The van der Waals surface area contributed by atoms with Gasteiger partial charge in [-0.05, 0) is 52.4 Å². The molecule has 132 valence electrons. The highest BCUT2D eigenvalue weighted by molar-refractivity contribution is 14.0. The number of hydrogen-bond acceptors (Lipinski definition) is 3. The van der Waals surface area contributed by atoms with Gasteiger partial charge in [-0.15, -0.1) is 35.3 Å². The van der Waals surface area contributed by atoms with Gasteiger partial charge in [0.2, 0.25) is 0 Å². The molecule has 0 radical (unpaired) electrons. The zero-order chi connectivity index (χ0) is 16.8. The molecule has 0 saturated carbocycles. The molecule has 4 nitrogen and oxygen atoms in total. The van der Waals surface area contributed by atoms with Crippen molar-refractivity contribution in [1.29, 1.82) is 0 Å². The number of guanidine groups is 1. The van der Waals surface area contributed by atoms with Gasteiger partial charge in [0.1, 0.15) is 5.75 Å². The number of nitrogens with zero attached hydrogens (tertiary/aromatic N) is 1. The normalized spacial score (nSPS) is 11.2. The fourth-order valence-electron chi connectivity index (χ4n) is 2.50. The van der Waals surface area contributed by atoms with Crippen molar-refractivity contribution < 1.29 is 4.74 Å². The van der Waals surface area contributed by atoms with E-state index in [4.69, 9.17) is 10.5 Å². The maximum atomic E-state index is 5.94. The Hall–Kier alpha value is -1.80. The summed E-state index contributed by atoms with van der Waals surface area (Å²) >= 11 is 1.76. The fourth-order valence-corrected chi connectivity index (χ4v) is 3.21. The molecule has 0 unspecified atom stereocenters. The third-order valence-corrected chi connectivity index (χ3v) is 4.74. The average molecular weight is 467 g/mol. The third kappa shape index (κ3) is 5.61. The molecular formula is C19H22IN3OS. The molecule has 6 heteroatoms. The molecule has 0 atom stereocenters. The smallest absolute Gasteiger partial charge is 0.188 e. The van der Waals surface area contributed by atoms with E-state index in [0.29, 0.717) is 12.5 Å². The molecule has 2 aromatic carbocycles. The number of nitrogens with two attached hydrogens (primary N) is 1. The highest BCUT2D eigenvalue weighted by atomic mass is 127. The topological polar surface area (TPSA) is 59.6 Å². The number of benzene rings is 2. The van der Waals surface area contributed by atoms with Gasteiger partial charge in [-0.1, -0.05) is 24.3 Å². The van der Waals surface area contributed by atoms with Gasteiger partial charge in [-0.25, -0.2) is 4.99 Å². The van der Waals surface area contributed by atoms with Crippen molar-refractivity contribution in [2.24, 2.45) is 10.7 Å². The summed E-state index contributed by atoms with van der Waals surface area (Å²) in [5.41, 5.74) is 7.07. The summed E-state index contributed by atoms with van der Waals surface area (Å²) in [6.07, 6.45) is 0.964. The van der Waals surface area contributed by atoms with E-state index in [9.17, 15) is 0 Å². The van der Waals surface area contributed by atoms with Crippen LogP contribution in [0.25, 0.3) is 10.8 Å². The Labute approximate surface area is 169 Å². The lowest BCUT2D eigenvalue weighted by Crippen LogP contribution is -2.33. The van der Waals surface area contributed by atoms with Crippen molar-refractivity contribution in [3.05, 3.63) is 64.4 Å². The van der Waals surface area contributed by atoms with Crippen LogP contribution < -0.4 is 15.8 Å². The molecule has 0 amide bonds. The van der Waals surface area contributed by atoms with Crippen LogP contribution in [0, 0.1) is 0 Å². The SMILES string of the molecule is COc1ccc2cc(CN=C(N)NCCc3cccs3)ccc2c1.I. The molecule has 0 aliphatic rings. The van der Waals surface area contributed by atoms with Crippen LogP contribution in [0.3, 0.4) is 0 Å². The highest BCUT2D eigenvalue weighted by Crippen LogP contribution is 2.22. The van der Waals surface area contributed by atoms with E-state index in [1.165, 1.54) is 10.3 Å². The molecule has 0 aliphatic heterocycles. The highest BCUT2D eigenvalue weighted by Gasteiger charge is 2.00. The van der Waals surface area contributed by atoms with E-state index in [1.807, 2.05) is 12.1 Å². The van der Waals surface area contributed by atoms with E-state index >= 15 is 0 Å². The molecule has 3 aromatic rings. The maximum Gasteiger partial charge on any atom is 0.188 e. The van der Waals surface area contributed by atoms with Gasteiger partial charge in [-0.2, -0.15) is 0 Å². The summed E-state index contributed by atoms with van der Waals surface area (Å²) in [6, 6.07) is 16.5. The van der Waals surface area contributed by atoms with Crippen LogP contribution in [-0.4, -0.2) is 19.6 Å². The number of thiophene rings is 1. The minimum Gasteiger partial charge on any atom is -0.497 e. The van der Waals surface area contributed by atoms with Crippen molar-refractivity contribution in [3.63, 3.8) is 0 Å². The molecule has 0 bridgehead atoms. The minimum absolute atomic E-state index is 0. The van der Waals surface area contributed by atoms with Crippen molar-refractivity contribution in [2.45, 2.75) is 13.0 Å². The van der Waals surface area contributed by atoms with Crippen LogP contribution in [0.2, 0.25) is 0 Å². The second kappa shape index (κ2) is 9.62. The van der Waals surface area contributed by atoms with E-state index < -0.39 is 0 Å². The van der Waals surface area contributed by atoms with Crippen molar-refractivity contribution >= 4 is 52.0 Å². The molecule has 1 heterocycles. The van der Waals surface area contributed by atoms with Crippen LogP contribution in [0.1, 0.15) is 10.4 Å². The summed E-state index contributed by atoms with van der Waals surface area (Å²) in [7, 11) is 1.68. The Kier molecular flexibility index (Phi) is 7.52. The quantitative estimate of drug-likeness (QED) is 0.325. The van der Waals surface area contributed by atoms with E-state index in [0.717, 1.165) is 29.7 Å². The molecule has 3 N–H and O–H groups in total. The monoisotopic (exact) mass is 467 g/mol. The van der Waals surface area contributed by atoms with Crippen molar-refractivity contribution in [1.82, 2.24) is 5.32 Å². The Morgan fingerprint density at radius 1 is 1.16 bits per heavy atom. The first-order valence-corrected chi connectivity index (χ1v) is 8.75. The lowest BCUT2D eigenvalue weighted by molar-refractivity contribution is 0.415. The Bertz CT molecular complexity index is 834. The summed E-state index contributed by atoms with van der Waals surface area (Å²) in [5, 5.41) is 7.58. The van der Waals surface area contributed by atoms with Crippen LogP contribution in [0.4, 0.5) is 0 Å². The lowest BCUT2D eigenvalue weighted by atomic mass is 10.1. The first-order chi connectivity index (χ1) is 11.7. The first-order valence-electron chi connectivity index (χ1n) is 7.87. The van der Waals surface area contributed by atoms with Crippen LogP contribution in [0.5, 0.6) is 5.75 Å². The lowest BCUT2D eigenvalue weighted by Gasteiger charge is -2.06. The average Bonchev–Trinajstić information content (AvgIpc) is 3.12. The molecule has 0 aliphatic carbocycles. The molecule has 0 spiro atoms. The number of halogens is 1. The van der Waals surface area contributed by atoms with E-state index in [1.54, 1.807) is 18.4 Å². The molecular weight excluding hydrogens is 445 g/mol. The third-order valence-electron chi connectivity index (χ3n) is 3.80. The summed E-state index contributed by atoms with van der Waals surface area (Å²) in [5.74, 6) is 1.36. The Morgan fingerprint density at radius 3 is 2.72 bits per heavy atom. The van der Waals surface area contributed by atoms with Gasteiger partial charge in [-0.3, -0.25) is 0 Å². The number of fused-ring (bicyclic) bond motifs is 1. The number of ether oxygens (including phenoxy) is 1. The van der Waals surface area contributed by atoms with E-state index in [2.05, 4.69) is 52.1 Å². The molecule has 0 fully saturated rings. The minimum atomic E-state index is 0. The Balaban J connectivity index is 0.00000225. The molecule has 1 aromatic heterocycles. The number of hydrogen-bond donors (Lipinski definition) is 2. The standard InChI is InChI=1S/C19H21N3OS.HI/c1-23-17-7-6-15-11-14(4-5-16(15)12-17)13-22-19(20)21-9-8-18-3-2-10-24-18;/h2-7,10-12H,8-9,13H2,1H3,(H3,20,21,22);1H. The molecule has 25 heavy (non-hydrogen) atoms. The Morgan fingerprint density at radius 2 is 1.96 bits per heavy atom. The molecule has 0 saturated heterocycles. The summed E-state index contributed by atoms with van der Waals surface area (Å²) in [6.45, 7) is 1.37. The van der Waals surface area contributed by atoms with Gasteiger partial charge in [0, 0.05) is 11.4 Å². The predicted molar refractivity (Wildman–Crippen MR) is 117 cm³/mol. The maximum absolute atomic E-state index is 5.94. The van der Waals surface area contributed by atoms with Crippen LogP contribution >= 0.6 is 35.3 Å². The van der Waals surface area contributed by atoms with Gasteiger partial charge in [0.05, 0.1) is 13.7 Å². The van der Waals surface area contributed by atoms with Crippen molar-refractivity contribution in [3.8, 4) is 5.75 Å². The predicted octanol–water partition coefficient (Wildman–Crippen LogP) is 4.17. The number of nitrogens with one attached hydrogen (secondary N) is 1. The summed E-state index contributed by atoms with van der Waals surface area (Å²) < 4.78 is 5.25. The van der Waals surface area contributed by atoms with Gasteiger partial charge < -0.3 is 15.8 Å². The van der Waals surface area contributed by atoms with Gasteiger partial charge >= 0.3 is 0 Å². The van der Waals surface area contributed by atoms with Crippen LogP contribution in [0.15, 0.2) is 58.9 Å². The number of methoxy groups -OCH3 is 1. The number of rotatable bonds is 6. The number of aliphatic imine (C=N–C) groups is 1. The van der Waals surface area contributed by atoms with Gasteiger partial charge in [0.25, 0.3) is 0 Å². The van der Waals surface area contributed by atoms with Crippen LogP contribution in [-0.2, 0) is 13.0 Å². The first kappa shape index (κ1) is 19.5. The second-order valence-electron chi connectivity index (χ2n) is 5.51. The fraction of sp³-hybridized carbons (Fsp3) is 0.211. The summed E-state index contributed by atoms with van der Waals surface area (Å²) in [4.78, 5) is 5.76. The van der Waals surface area contributed by atoms with E-state index in [-0.39, 0.29) is 24.0 Å². The molecule has 3 rings (SSSR count).